The topological polar surface area (TPSA) is 33.2 Å². The minimum atomic E-state index is -0.288. The van der Waals surface area contributed by atoms with Crippen LogP contribution in [0.15, 0.2) is 53.7 Å². The number of aromatic nitrogens is 1. The molecule has 0 saturated carbocycles. The van der Waals surface area contributed by atoms with E-state index in [0.717, 1.165) is 10.6 Å². The summed E-state index contributed by atoms with van der Waals surface area (Å²) in [6, 6.07) is 11.9. The molecule has 1 heterocycles. The van der Waals surface area contributed by atoms with E-state index in [1.165, 1.54) is 23.9 Å². The van der Waals surface area contributed by atoms with Gasteiger partial charge >= 0.3 is 0 Å². The van der Waals surface area contributed by atoms with E-state index in [-0.39, 0.29) is 17.0 Å². The zero-order chi connectivity index (χ0) is 15.2. The van der Waals surface area contributed by atoms with E-state index in [4.69, 9.17) is 0 Å². The monoisotopic (exact) mass is 304 g/mol. The fourth-order valence-electron chi connectivity index (χ4n) is 1.95. The van der Waals surface area contributed by atoms with Crippen LogP contribution in [0.25, 0.3) is 0 Å². The van der Waals surface area contributed by atoms with Gasteiger partial charge in [-0.05, 0) is 36.8 Å². The Balaban J connectivity index is 1.95. The molecule has 3 nitrogen and oxygen atoms in total. The standard InChI is InChI=1S/C16H17FN2OS/c1-12(21-15-8-3-4-9-18-15)16(20)19(2)11-13-6-5-7-14(17)10-13/h3-10,12H,11H2,1-2H3. The third kappa shape index (κ3) is 4.56. The Kier molecular flexibility index (Phi) is 5.33. The fraction of sp³-hybridized carbons (Fsp3) is 0.250. The van der Waals surface area contributed by atoms with Gasteiger partial charge in [0, 0.05) is 19.8 Å². The van der Waals surface area contributed by atoms with Crippen molar-refractivity contribution < 1.29 is 9.18 Å². The molecular formula is C16H17FN2OS. The zero-order valence-electron chi connectivity index (χ0n) is 12.0. The van der Waals surface area contributed by atoms with E-state index in [9.17, 15) is 9.18 Å². The molecule has 0 aliphatic carbocycles. The lowest BCUT2D eigenvalue weighted by Crippen LogP contribution is -2.32. The number of pyridine rings is 1. The molecule has 0 aliphatic heterocycles. The van der Waals surface area contributed by atoms with Gasteiger partial charge in [0.2, 0.25) is 5.91 Å². The van der Waals surface area contributed by atoms with Gasteiger partial charge in [-0.3, -0.25) is 4.79 Å². The smallest absolute Gasteiger partial charge is 0.235 e. The fourth-order valence-corrected chi connectivity index (χ4v) is 2.87. The van der Waals surface area contributed by atoms with E-state index >= 15 is 0 Å². The van der Waals surface area contributed by atoms with Crippen LogP contribution in [0.2, 0.25) is 0 Å². The highest BCUT2D eigenvalue weighted by atomic mass is 32.2. The molecule has 2 rings (SSSR count). The minimum absolute atomic E-state index is 0.00471. The van der Waals surface area contributed by atoms with Crippen LogP contribution in [-0.4, -0.2) is 28.1 Å². The maximum Gasteiger partial charge on any atom is 0.235 e. The Hall–Kier alpha value is -1.88. The van der Waals surface area contributed by atoms with Crippen molar-refractivity contribution in [2.45, 2.75) is 23.7 Å². The Morgan fingerprint density at radius 3 is 2.81 bits per heavy atom. The van der Waals surface area contributed by atoms with E-state index in [1.807, 2.05) is 31.2 Å². The number of thioether (sulfide) groups is 1. The summed E-state index contributed by atoms with van der Waals surface area (Å²) in [5.74, 6) is -0.292. The number of amides is 1. The Morgan fingerprint density at radius 2 is 2.14 bits per heavy atom. The molecule has 1 atom stereocenters. The third-order valence-corrected chi connectivity index (χ3v) is 4.01. The second kappa shape index (κ2) is 7.22. The van der Waals surface area contributed by atoms with Crippen LogP contribution in [0.4, 0.5) is 4.39 Å². The molecule has 110 valence electrons. The lowest BCUT2D eigenvalue weighted by Gasteiger charge is -2.21. The zero-order valence-corrected chi connectivity index (χ0v) is 12.8. The molecule has 0 N–H and O–H groups in total. The molecule has 0 fully saturated rings. The van der Waals surface area contributed by atoms with Crippen LogP contribution in [0.1, 0.15) is 12.5 Å². The van der Waals surface area contributed by atoms with Crippen molar-refractivity contribution in [1.82, 2.24) is 9.88 Å². The first kappa shape index (κ1) is 15.5. The number of halogens is 1. The van der Waals surface area contributed by atoms with Crippen molar-refractivity contribution in [3.05, 3.63) is 60.0 Å². The summed E-state index contributed by atoms with van der Waals surface area (Å²) in [4.78, 5) is 18.1. The summed E-state index contributed by atoms with van der Waals surface area (Å²) in [7, 11) is 1.72. The Labute approximate surface area is 128 Å². The number of benzene rings is 1. The lowest BCUT2D eigenvalue weighted by molar-refractivity contribution is -0.129. The molecule has 0 radical (unpaired) electrons. The maximum absolute atomic E-state index is 13.1. The quantitative estimate of drug-likeness (QED) is 0.794. The molecule has 0 spiro atoms. The van der Waals surface area contributed by atoms with Crippen LogP contribution in [-0.2, 0) is 11.3 Å². The first-order chi connectivity index (χ1) is 10.1. The number of carbonyl (C=O) groups excluding carboxylic acids is 1. The molecule has 1 aromatic carbocycles. The number of nitrogens with zero attached hydrogens (tertiary/aromatic N) is 2. The van der Waals surface area contributed by atoms with Crippen molar-refractivity contribution in [1.29, 1.82) is 0 Å². The SMILES string of the molecule is CC(Sc1ccccn1)C(=O)N(C)Cc1cccc(F)c1. The van der Waals surface area contributed by atoms with Crippen molar-refractivity contribution in [3.63, 3.8) is 0 Å². The van der Waals surface area contributed by atoms with Crippen molar-refractivity contribution in [3.8, 4) is 0 Å². The first-order valence-electron chi connectivity index (χ1n) is 6.63. The van der Waals surface area contributed by atoms with Crippen molar-refractivity contribution >= 4 is 17.7 Å². The Bertz CT molecular complexity index is 606. The molecule has 1 unspecified atom stereocenters. The molecule has 2 aromatic rings. The highest BCUT2D eigenvalue weighted by molar-refractivity contribution is 8.00. The molecule has 21 heavy (non-hydrogen) atoms. The van der Waals surface area contributed by atoms with Gasteiger partial charge in [-0.15, -0.1) is 0 Å². The number of carbonyl (C=O) groups is 1. The van der Waals surface area contributed by atoms with Crippen LogP contribution < -0.4 is 0 Å². The average Bonchev–Trinajstić information content (AvgIpc) is 2.47. The Morgan fingerprint density at radius 1 is 1.33 bits per heavy atom. The van der Waals surface area contributed by atoms with Crippen LogP contribution in [0.3, 0.4) is 0 Å². The first-order valence-corrected chi connectivity index (χ1v) is 7.51. The number of hydrogen-bond acceptors (Lipinski definition) is 3. The van der Waals surface area contributed by atoms with Gasteiger partial charge in [-0.25, -0.2) is 9.37 Å². The highest BCUT2D eigenvalue weighted by Gasteiger charge is 2.19. The van der Waals surface area contributed by atoms with E-state index in [1.54, 1.807) is 24.2 Å². The molecule has 1 aromatic heterocycles. The predicted octanol–water partition coefficient (Wildman–Crippen LogP) is 3.36. The van der Waals surface area contributed by atoms with E-state index < -0.39 is 0 Å². The summed E-state index contributed by atoms with van der Waals surface area (Å²) >= 11 is 1.42. The lowest BCUT2D eigenvalue weighted by atomic mass is 10.2. The van der Waals surface area contributed by atoms with E-state index in [0.29, 0.717) is 6.54 Å². The minimum Gasteiger partial charge on any atom is -0.340 e. The average molecular weight is 304 g/mol. The maximum atomic E-state index is 13.1. The summed E-state index contributed by atoms with van der Waals surface area (Å²) in [6.07, 6.45) is 1.70. The van der Waals surface area contributed by atoms with Crippen LogP contribution in [0, 0.1) is 5.82 Å². The largest absolute Gasteiger partial charge is 0.340 e. The molecule has 0 bridgehead atoms. The third-order valence-electron chi connectivity index (χ3n) is 2.97. The summed E-state index contributed by atoms with van der Waals surface area (Å²) in [5, 5.41) is 0.580. The molecule has 5 heteroatoms. The molecule has 0 aliphatic rings. The molecular weight excluding hydrogens is 287 g/mol. The summed E-state index contributed by atoms with van der Waals surface area (Å²) in [5.41, 5.74) is 0.779. The van der Waals surface area contributed by atoms with Gasteiger partial charge in [0.05, 0.1) is 10.3 Å². The summed E-state index contributed by atoms with van der Waals surface area (Å²) < 4.78 is 13.1. The van der Waals surface area contributed by atoms with Crippen LogP contribution >= 0.6 is 11.8 Å². The van der Waals surface area contributed by atoms with Gasteiger partial charge < -0.3 is 4.90 Å². The van der Waals surface area contributed by atoms with Gasteiger partial charge in [0.15, 0.2) is 0 Å². The number of hydrogen-bond donors (Lipinski definition) is 0. The van der Waals surface area contributed by atoms with Crippen molar-refractivity contribution in [2.24, 2.45) is 0 Å². The second-order valence-electron chi connectivity index (χ2n) is 4.75. The van der Waals surface area contributed by atoms with Crippen molar-refractivity contribution in [2.75, 3.05) is 7.05 Å². The predicted molar refractivity (Wildman–Crippen MR) is 82.4 cm³/mol. The van der Waals surface area contributed by atoms with E-state index in [2.05, 4.69) is 4.98 Å². The van der Waals surface area contributed by atoms with Gasteiger partial charge in [0.25, 0.3) is 0 Å². The molecule has 0 saturated heterocycles. The molecule has 1 amide bonds. The normalized spacial score (nSPS) is 12.0. The van der Waals surface area contributed by atoms with Gasteiger partial charge in [-0.2, -0.15) is 0 Å². The number of rotatable bonds is 5. The summed E-state index contributed by atoms with van der Waals surface area (Å²) in [6.45, 7) is 2.24. The van der Waals surface area contributed by atoms with Crippen LogP contribution in [0.5, 0.6) is 0 Å². The highest BCUT2D eigenvalue weighted by Crippen LogP contribution is 2.22. The second-order valence-corrected chi connectivity index (χ2v) is 6.11. The van der Waals surface area contributed by atoms with Gasteiger partial charge in [-0.1, -0.05) is 30.0 Å². The van der Waals surface area contributed by atoms with Gasteiger partial charge in [0.1, 0.15) is 5.82 Å².